The van der Waals surface area contributed by atoms with Crippen molar-refractivity contribution in [3.8, 4) is 0 Å². The Labute approximate surface area is 60.9 Å². The second kappa shape index (κ2) is 2.21. The maximum Gasteiger partial charge on any atom is 0.0572 e. The molecule has 0 aromatic carbocycles. The zero-order valence-electron chi connectivity index (χ0n) is 6.03. The standard InChI is InChI=1S/C8H14O2/c9-7-3-1-5-6(7)2-4-8(5)10/h5-10H,1-4H2/t5-,6-,7+,8+/m1/s1. The van der Waals surface area contributed by atoms with Crippen molar-refractivity contribution in [2.45, 2.75) is 37.9 Å². The van der Waals surface area contributed by atoms with Gasteiger partial charge in [-0.25, -0.2) is 0 Å². The Balaban J connectivity index is 2.09. The molecule has 2 fully saturated rings. The van der Waals surface area contributed by atoms with Crippen LogP contribution in [0.3, 0.4) is 0 Å². The van der Waals surface area contributed by atoms with Gasteiger partial charge in [-0.15, -0.1) is 0 Å². The summed E-state index contributed by atoms with van der Waals surface area (Å²) in [7, 11) is 0. The van der Waals surface area contributed by atoms with Crippen molar-refractivity contribution in [1.29, 1.82) is 0 Å². The number of rotatable bonds is 0. The van der Waals surface area contributed by atoms with E-state index in [4.69, 9.17) is 0 Å². The van der Waals surface area contributed by atoms with Crippen molar-refractivity contribution in [2.24, 2.45) is 11.8 Å². The summed E-state index contributed by atoms with van der Waals surface area (Å²) in [5.41, 5.74) is 0. The van der Waals surface area contributed by atoms with E-state index in [1.807, 2.05) is 0 Å². The van der Waals surface area contributed by atoms with Gasteiger partial charge in [-0.3, -0.25) is 0 Å². The summed E-state index contributed by atoms with van der Waals surface area (Å²) in [5, 5.41) is 18.8. The molecule has 2 nitrogen and oxygen atoms in total. The molecule has 4 atom stereocenters. The van der Waals surface area contributed by atoms with Crippen LogP contribution in [0.4, 0.5) is 0 Å². The number of fused-ring (bicyclic) bond motifs is 1. The summed E-state index contributed by atoms with van der Waals surface area (Å²) in [6, 6.07) is 0. The molecule has 2 heteroatoms. The predicted molar refractivity (Wildman–Crippen MR) is 37.5 cm³/mol. The first-order valence-corrected chi connectivity index (χ1v) is 4.15. The fourth-order valence-electron chi connectivity index (χ4n) is 2.54. The highest BCUT2D eigenvalue weighted by Crippen LogP contribution is 2.43. The summed E-state index contributed by atoms with van der Waals surface area (Å²) in [4.78, 5) is 0. The van der Waals surface area contributed by atoms with Crippen LogP contribution in [0.2, 0.25) is 0 Å². The van der Waals surface area contributed by atoms with Crippen molar-refractivity contribution < 1.29 is 10.2 Å². The van der Waals surface area contributed by atoms with Gasteiger partial charge in [0, 0.05) is 0 Å². The summed E-state index contributed by atoms with van der Waals surface area (Å²) < 4.78 is 0. The molecule has 0 heterocycles. The zero-order chi connectivity index (χ0) is 7.14. The van der Waals surface area contributed by atoms with Gasteiger partial charge in [0.1, 0.15) is 0 Å². The van der Waals surface area contributed by atoms with Crippen LogP contribution in [-0.4, -0.2) is 22.4 Å². The molecule has 0 aromatic rings. The van der Waals surface area contributed by atoms with E-state index in [0.29, 0.717) is 11.8 Å². The van der Waals surface area contributed by atoms with Gasteiger partial charge in [0.25, 0.3) is 0 Å². The van der Waals surface area contributed by atoms with Gasteiger partial charge in [0.05, 0.1) is 12.2 Å². The highest BCUT2D eigenvalue weighted by molar-refractivity contribution is 4.93. The molecule has 0 aromatic heterocycles. The third-order valence-electron chi connectivity index (χ3n) is 3.13. The first-order valence-electron chi connectivity index (χ1n) is 4.15. The van der Waals surface area contributed by atoms with Crippen LogP contribution >= 0.6 is 0 Å². The molecule has 2 aliphatic rings. The fraction of sp³-hybridized carbons (Fsp3) is 1.00. The Morgan fingerprint density at radius 1 is 0.700 bits per heavy atom. The molecule has 0 bridgehead atoms. The molecular formula is C8H14O2. The summed E-state index contributed by atoms with van der Waals surface area (Å²) in [6.07, 6.45) is 3.67. The summed E-state index contributed by atoms with van der Waals surface area (Å²) >= 11 is 0. The van der Waals surface area contributed by atoms with Gasteiger partial charge >= 0.3 is 0 Å². The van der Waals surface area contributed by atoms with E-state index in [-0.39, 0.29) is 12.2 Å². The Kier molecular flexibility index (Phi) is 1.46. The normalized spacial score (nSPS) is 53.4. The monoisotopic (exact) mass is 142 g/mol. The molecule has 2 saturated carbocycles. The first kappa shape index (κ1) is 6.62. The highest BCUT2D eigenvalue weighted by Gasteiger charge is 2.43. The van der Waals surface area contributed by atoms with Gasteiger partial charge < -0.3 is 10.2 Å². The van der Waals surface area contributed by atoms with E-state index in [1.165, 1.54) is 0 Å². The quantitative estimate of drug-likeness (QED) is 0.518. The van der Waals surface area contributed by atoms with E-state index in [0.717, 1.165) is 25.7 Å². The van der Waals surface area contributed by atoms with Crippen LogP contribution < -0.4 is 0 Å². The average Bonchev–Trinajstić information content (AvgIpc) is 2.41. The van der Waals surface area contributed by atoms with Crippen molar-refractivity contribution >= 4 is 0 Å². The molecule has 10 heavy (non-hydrogen) atoms. The van der Waals surface area contributed by atoms with Crippen molar-refractivity contribution in [1.82, 2.24) is 0 Å². The minimum atomic E-state index is -0.109. The van der Waals surface area contributed by atoms with Crippen LogP contribution in [0.25, 0.3) is 0 Å². The lowest BCUT2D eigenvalue weighted by molar-refractivity contribution is 0.0988. The van der Waals surface area contributed by atoms with E-state index in [9.17, 15) is 10.2 Å². The maximum absolute atomic E-state index is 9.41. The lowest BCUT2D eigenvalue weighted by Gasteiger charge is -2.13. The predicted octanol–water partition coefficient (Wildman–Crippen LogP) is 0.528. The Morgan fingerprint density at radius 3 is 1.50 bits per heavy atom. The van der Waals surface area contributed by atoms with Crippen molar-refractivity contribution in [3.63, 3.8) is 0 Å². The zero-order valence-corrected chi connectivity index (χ0v) is 6.03. The molecule has 2 N–H and O–H groups in total. The molecule has 0 radical (unpaired) electrons. The van der Waals surface area contributed by atoms with E-state index in [2.05, 4.69) is 0 Å². The van der Waals surface area contributed by atoms with Crippen molar-refractivity contribution in [3.05, 3.63) is 0 Å². The second-order valence-corrected chi connectivity index (χ2v) is 3.62. The Bertz CT molecular complexity index is 119. The van der Waals surface area contributed by atoms with Gasteiger partial charge in [-0.1, -0.05) is 0 Å². The lowest BCUT2D eigenvalue weighted by Crippen LogP contribution is -2.18. The number of aliphatic hydroxyl groups is 2. The molecule has 0 spiro atoms. The third kappa shape index (κ3) is 0.789. The van der Waals surface area contributed by atoms with E-state index < -0.39 is 0 Å². The van der Waals surface area contributed by atoms with Crippen LogP contribution in [0, 0.1) is 11.8 Å². The van der Waals surface area contributed by atoms with Crippen LogP contribution in [0.5, 0.6) is 0 Å². The molecule has 0 aliphatic heterocycles. The highest BCUT2D eigenvalue weighted by atomic mass is 16.3. The smallest absolute Gasteiger partial charge is 0.0572 e. The Hall–Kier alpha value is -0.0800. The Morgan fingerprint density at radius 2 is 1.10 bits per heavy atom. The minimum Gasteiger partial charge on any atom is -0.393 e. The second-order valence-electron chi connectivity index (χ2n) is 3.62. The van der Waals surface area contributed by atoms with Gasteiger partial charge in [0.15, 0.2) is 0 Å². The average molecular weight is 142 g/mol. The lowest BCUT2D eigenvalue weighted by atomic mass is 9.98. The summed E-state index contributed by atoms with van der Waals surface area (Å²) in [6.45, 7) is 0. The number of hydrogen-bond donors (Lipinski definition) is 2. The molecule has 2 aliphatic carbocycles. The van der Waals surface area contributed by atoms with Crippen LogP contribution in [-0.2, 0) is 0 Å². The largest absolute Gasteiger partial charge is 0.393 e. The topological polar surface area (TPSA) is 40.5 Å². The fourth-order valence-corrected chi connectivity index (χ4v) is 2.54. The minimum absolute atomic E-state index is 0.109. The SMILES string of the molecule is O[C@H]1CC[C@@H]2[C@H]1CC[C@@H]2O. The number of aliphatic hydroxyl groups excluding tert-OH is 2. The molecule has 0 unspecified atom stereocenters. The van der Waals surface area contributed by atoms with E-state index >= 15 is 0 Å². The van der Waals surface area contributed by atoms with Crippen LogP contribution in [0.15, 0.2) is 0 Å². The van der Waals surface area contributed by atoms with Gasteiger partial charge in [0.2, 0.25) is 0 Å². The molecule has 58 valence electrons. The molecule has 2 rings (SSSR count). The van der Waals surface area contributed by atoms with E-state index in [1.54, 1.807) is 0 Å². The molecular weight excluding hydrogens is 128 g/mol. The molecule has 0 amide bonds. The van der Waals surface area contributed by atoms with Gasteiger partial charge in [-0.05, 0) is 37.5 Å². The third-order valence-corrected chi connectivity index (χ3v) is 3.13. The summed E-state index contributed by atoms with van der Waals surface area (Å²) in [5.74, 6) is 0.852. The number of hydrogen-bond acceptors (Lipinski definition) is 2. The maximum atomic E-state index is 9.41. The van der Waals surface area contributed by atoms with Gasteiger partial charge in [-0.2, -0.15) is 0 Å². The van der Waals surface area contributed by atoms with Crippen LogP contribution in [0.1, 0.15) is 25.7 Å². The van der Waals surface area contributed by atoms with Crippen molar-refractivity contribution in [2.75, 3.05) is 0 Å². The first-order chi connectivity index (χ1) is 4.79. The molecule has 0 saturated heterocycles.